The minimum atomic E-state index is 0.720. The average molecular weight is 279 g/mol. The SMILES string of the molecule is COCCNCc1ccc(OCCN2CCCC2)cn1. The number of pyridine rings is 1. The van der Waals surface area contributed by atoms with Crippen LogP contribution >= 0.6 is 0 Å². The summed E-state index contributed by atoms with van der Waals surface area (Å²) in [6, 6.07) is 4.00. The van der Waals surface area contributed by atoms with Gasteiger partial charge < -0.3 is 14.8 Å². The molecule has 0 bridgehead atoms. The summed E-state index contributed by atoms with van der Waals surface area (Å²) in [5.74, 6) is 0.852. The molecule has 0 spiro atoms. The summed E-state index contributed by atoms with van der Waals surface area (Å²) in [7, 11) is 1.70. The maximum Gasteiger partial charge on any atom is 0.137 e. The lowest BCUT2D eigenvalue weighted by Crippen LogP contribution is -2.25. The van der Waals surface area contributed by atoms with Gasteiger partial charge in [0.2, 0.25) is 0 Å². The molecule has 0 aliphatic carbocycles. The maximum atomic E-state index is 5.72. The molecule has 20 heavy (non-hydrogen) atoms. The van der Waals surface area contributed by atoms with Crippen LogP contribution in [-0.2, 0) is 11.3 Å². The van der Waals surface area contributed by atoms with Crippen molar-refractivity contribution in [2.24, 2.45) is 0 Å². The molecule has 0 unspecified atom stereocenters. The molecule has 1 aromatic heterocycles. The monoisotopic (exact) mass is 279 g/mol. The number of hydrogen-bond acceptors (Lipinski definition) is 5. The van der Waals surface area contributed by atoms with Crippen LogP contribution in [0.5, 0.6) is 5.75 Å². The Labute approximate surface area is 121 Å². The van der Waals surface area contributed by atoms with Gasteiger partial charge in [-0.3, -0.25) is 9.88 Å². The topological polar surface area (TPSA) is 46.6 Å². The third kappa shape index (κ3) is 5.45. The van der Waals surface area contributed by atoms with Crippen LogP contribution in [-0.4, -0.2) is 56.4 Å². The second-order valence-corrected chi connectivity index (χ2v) is 5.05. The number of nitrogens with one attached hydrogen (secondary N) is 1. The number of rotatable bonds is 9. The first-order valence-electron chi connectivity index (χ1n) is 7.38. The predicted molar refractivity (Wildman–Crippen MR) is 79.0 cm³/mol. The number of nitrogens with zero attached hydrogens (tertiary/aromatic N) is 2. The zero-order valence-electron chi connectivity index (χ0n) is 12.3. The molecular weight excluding hydrogens is 254 g/mol. The highest BCUT2D eigenvalue weighted by atomic mass is 16.5. The molecule has 0 radical (unpaired) electrons. The number of aromatic nitrogens is 1. The Kier molecular flexibility index (Phi) is 6.77. The zero-order valence-corrected chi connectivity index (χ0v) is 12.3. The molecule has 0 amide bonds. The minimum Gasteiger partial charge on any atom is -0.491 e. The second-order valence-electron chi connectivity index (χ2n) is 5.05. The van der Waals surface area contributed by atoms with E-state index < -0.39 is 0 Å². The quantitative estimate of drug-likeness (QED) is 0.690. The van der Waals surface area contributed by atoms with Crippen molar-refractivity contribution in [2.75, 3.05) is 46.5 Å². The first-order valence-corrected chi connectivity index (χ1v) is 7.38. The van der Waals surface area contributed by atoms with Gasteiger partial charge in [-0.05, 0) is 38.1 Å². The Balaban J connectivity index is 1.63. The number of hydrogen-bond donors (Lipinski definition) is 1. The molecule has 1 aliphatic heterocycles. The first-order chi connectivity index (χ1) is 9.88. The third-order valence-electron chi connectivity index (χ3n) is 3.46. The van der Waals surface area contributed by atoms with Crippen LogP contribution in [0.25, 0.3) is 0 Å². The van der Waals surface area contributed by atoms with Crippen molar-refractivity contribution in [2.45, 2.75) is 19.4 Å². The van der Waals surface area contributed by atoms with Gasteiger partial charge in [0.1, 0.15) is 12.4 Å². The molecule has 1 fully saturated rings. The van der Waals surface area contributed by atoms with E-state index in [0.717, 1.165) is 44.3 Å². The molecule has 0 aromatic carbocycles. The van der Waals surface area contributed by atoms with Gasteiger partial charge in [-0.25, -0.2) is 0 Å². The number of ether oxygens (including phenoxy) is 2. The second kappa shape index (κ2) is 8.89. The van der Waals surface area contributed by atoms with Gasteiger partial charge in [0.05, 0.1) is 18.5 Å². The van der Waals surface area contributed by atoms with Crippen molar-refractivity contribution in [3.63, 3.8) is 0 Å². The molecule has 1 aliphatic rings. The lowest BCUT2D eigenvalue weighted by Gasteiger charge is -2.14. The van der Waals surface area contributed by atoms with Crippen LogP contribution in [0.1, 0.15) is 18.5 Å². The highest BCUT2D eigenvalue weighted by molar-refractivity contribution is 5.19. The summed E-state index contributed by atoms with van der Waals surface area (Å²) in [6.45, 7) is 6.51. The van der Waals surface area contributed by atoms with E-state index in [0.29, 0.717) is 0 Å². The highest BCUT2D eigenvalue weighted by Gasteiger charge is 2.10. The normalized spacial score (nSPS) is 15.7. The van der Waals surface area contributed by atoms with Gasteiger partial charge in [-0.15, -0.1) is 0 Å². The van der Waals surface area contributed by atoms with Crippen molar-refractivity contribution in [3.8, 4) is 5.75 Å². The van der Waals surface area contributed by atoms with Gasteiger partial charge >= 0.3 is 0 Å². The zero-order chi connectivity index (χ0) is 14.0. The van der Waals surface area contributed by atoms with E-state index in [-0.39, 0.29) is 0 Å². The van der Waals surface area contributed by atoms with E-state index in [1.165, 1.54) is 25.9 Å². The fraction of sp³-hybridized carbons (Fsp3) is 0.667. The molecular formula is C15H25N3O2. The number of methoxy groups -OCH3 is 1. The lowest BCUT2D eigenvalue weighted by molar-refractivity contribution is 0.199. The van der Waals surface area contributed by atoms with Crippen LogP contribution in [0.3, 0.4) is 0 Å². The molecule has 1 saturated heterocycles. The lowest BCUT2D eigenvalue weighted by atomic mass is 10.3. The number of likely N-dealkylation sites (tertiary alicyclic amines) is 1. The van der Waals surface area contributed by atoms with Crippen LogP contribution in [0, 0.1) is 0 Å². The highest BCUT2D eigenvalue weighted by Crippen LogP contribution is 2.10. The summed E-state index contributed by atoms with van der Waals surface area (Å²) < 4.78 is 10.7. The minimum absolute atomic E-state index is 0.720. The Morgan fingerprint density at radius 2 is 2.10 bits per heavy atom. The fourth-order valence-corrected chi connectivity index (χ4v) is 2.29. The van der Waals surface area contributed by atoms with E-state index in [9.17, 15) is 0 Å². The van der Waals surface area contributed by atoms with E-state index in [4.69, 9.17) is 9.47 Å². The van der Waals surface area contributed by atoms with E-state index >= 15 is 0 Å². The largest absolute Gasteiger partial charge is 0.491 e. The molecule has 5 heteroatoms. The summed E-state index contributed by atoms with van der Waals surface area (Å²) in [6.07, 6.45) is 4.45. The standard InChI is InChI=1S/C15H25N3O2/c1-19-10-6-16-12-14-4-5-15(13-17-14)20-11-9-18-7-2-3-8-18/h4-5,13,16H,2-3,6-12H2,1H3. The van der Waals surface area contributed by atoms with Crippen LogP contribution < -0.4 is 10.1 Å². The van der Waals surface area contributed by atoms with E-state index in [2.05, 4.69) is 15.2 Å². The Bertz CT molecular complexity index is 364. The van der Waals surface area contributed by atoms with Crippen molar-refractivity contribution >= 4 is 0 Å². The van der Waals surface area contributed by atoms with Gasteiger partial charge in [0.15, 0.2) is 0 Å². The van der Waals surface area contributed by atoms with Gasteiger partial charge in [-0.1, -0.05) is 0 Å². The Hall–Kier alpha value is -1.17. The van der Waals surface area contributed by atoms with Crippen molar-refractivity contribution in [3.05, 3.63) is 24.0 Å². The molecule has 112 valence electrons. The summed E-state index contributed by atoms with van der Waals surface area (Å²) in [5.41, 5.74) is 1.02. The maximum absolute atomic E-state index is 5.72. The smallest absolute Gasteiger partial charge is 0.137 e. The summed E-state index contributed by atoms with van der Waals surface area (Å²) >= 11 is 0. The molecule has 1 N–H and O–H groups in total. The van der Waals surface area contributed by atoms with Crippen molar-refractivity contribution in [1.82, 2.24) is 15.2 Å². The molecule has 5 nitrogen and oxygen atoms in total. The van der Waals surface area contributed by atoms with Crippen LogP contribution in [0.15, 0.2) is 18.3 Å². The van der Waals surface area contributed by atoms with Crippen molar-refractivity contribution in [1.29, 1.82) is 0 Å². The first kappa shape index (κ1) is 15.2. The molecule has 2 heterocycles. The Morgan fingerprint density at radius 1 is 1.25 bits per heavy atom. The van der Waals surface area contributed by atoms with Gasteiger partial charge in [-0.2, -0.15) is 0 Å². The Morgan fingerprint density at radius 3 is 2.80 bits per heavy atom. The summed E-state index contributed by atoms with van der Waals surface area (Å²) in [5, 5.41) is 3.27. The van der Waals surface area contributed by atoms with E-state index in [1.54, 1.807) is 13.3 Å². The van der Waals surface area contributed by atoms with Crippen molar-refractivity contribution < 1.29 is 9.47 Å². The average Bonchev–Trinajstić information content (AvgIpc) is 2.98. The molecule has 0 atom stereocenters. The van der Waals surface area contributed by atoms with E-state index in [1.807, 2.05) is 12.1 Å². The van der Waals surface area contributed by atoms with Gasteiger partial charge in [0, 0.05) is 26.7 Å². The fourth-order valence-electron chi connectivity index (χ4n) is 2.29. The third-order valence-corrected chi connectivity index (χ3v) is 3.46. The molecule has 2 rings (SSSR count). The van der Waals surface area contributed by atoms with Gasteiger partial charge in [0.25, 0.3) is 0 Å². The van der Waals surface area contributed by atoms with Crippen LogP contribution in [0.2, 0.25) is 0 Å². The summed E-state index contributed by atoms with van der Waals surface area (Å²) in [4.78, 5) is 6.83. The molecule has 1 aromatic rings. The molecule has 0 saturated carbocycles. The van der Waals surface area contributed by atoms with Crippen LogP contribution in [0.4, 0.5) is 0 Å². The predicted octanol–water partition coefficient (Wildman–Crippen LogP) is 1.29.